The van der Waals surface area contributed by atoms with Gasteiger partial charge in [-0.25, -0.2) is 13.6 Å². The summed E-state index contributed by atoms with van der Waals surface area (Å²) in [6, 6.07) is 15.8. The average Bonchev–Trinajstić information content (AvgIpc) is 3.07. The van der Waals surface area contributed by atoms with Crippen LogP contribution in [0, 0.1) is 18.3 Å². The highest BCUT2D eigenvalue weighted by atomic mass is 32.2. The van der Waals surface area contributed by atoms with Crippen LogP contribution in [0.5, 0.6) is 0 Å². The molecule has 2 N–H and O–H groups in total. The Morgan fingerprint density at radius 1 is 1.00 bits per heavy atom. The van der Waals surface area contributed by atoms with Crippen molar-refractivity contribution in [2.75, 3.05) is 0 Å². The molecule has 0 aliphatic heterocycles. The molecular weight excluding hydrogens is 318 g/mol. The number of sulfonamides is 1. The van der Waals surface area contributed by atoms with E-state index in [1.807, 2.05) is 12.1 Å². The minimum absolute atomic E-state index is 0.181. The van der Waals surface area contributed by atoms with Crippen LogP contribution in [0.1, 0.15) is 42.9 Å². The molecule has 1 aliphatic rings. The van der Waals surface area contributed by atoms with Crippen LogP contribution in [0.3, 0.4) is 0 Å². The lowest BCUT2D eigenvalue weighted by molar-refractivity contribution is 0.530. The van der Waals surface area contributed by atoms with E-state index in [0.29, 0.717) is 11.8 Å². The van der Waals surface area contributed by atoms with Crippen LogP contribution in [-0.4, -0.2) is 8.42 Å². The third-order valence-corrected chi connectivity index (χ3v) is 6.41. The molecule has 0 amide bonds. The molecular formula is C20H25NO2S. The summed E-state index contributed by atoms with van der Waals surface area (Å²) in [6.45, 7) is 6.70. The number of nitrogens with two attached hydrogens (primary N) is 1. The zero-order valence-electron chi connectivity index (χ0n) is 14.5. The van der Waals surface area contributed by atoms with Crippen molar-refractivity contribution in [3.05, 3.63) is 65.2 Å². The molecule has 0 bridgehead atoms. The van der Waals surface area contributed by atoms with Crippen molar-refractivity contribution in [3.63, 3.8) is 0 Å². The first kappa shape index (κ1) is 17.2. The zero-order chi connectivity index (χ0) is 17.5. The Morgan fingerprint density at radius 3 is 2.12 bits per heavy atom. The first-order chi connectivity index (χ1) is 11.2. The van der Waals surface area contributed by atoms with Crippen LogP contribution in [0.15, 0.2) is 53.4 Å². The summed E-state index contributed by atoms with van der Waals surface area (Å²) in [6.07, 6.45) is 2.23. The third kappa shape index (κ3) is 3.40. The standard InChI is InChI=1S/C20H25NO2S/c1-14-4-6-15(7-5-14)8-13-18-19(20(18,2)3)16-9-11-17(12-10-16)24(21,22)23/h4-7,9-12,18-19H,8,13H2,1-3H3,(H2,21,22,23). The van der Waals surface area contributed by atoms with E-state index in [9.17, 15) is 8.42 Å². The lowest BCUT2D eigenvalue weighted by Gasteiger charge is -2.04. The molecule has 0 spiro atoms. The Morgan fingerprint density at radius 2 is 1.58 bits per heavy atom. The largest absolute Gasteiger partial charge is 0.238 e. The first-order valence-electron chi connectivity index (χ1n) is 8.38. The highest BCUT2D eigenvalue weighted by molar-refractivity contribution is 7.89. The number of hydrogen-bond acceptors (Lipinski definition) is 2. The smallest absolute Gasteiger partial charge is 0.225 e. The molecule has 3 nitrogen and oxygen atoms in total. The van der Waals surface area contributed by atoms with Crippen LogP contribution >= 0.6 is 0 Å². The van der Waals surface area contributed by atoms with Crippen LogP contribution in [-0.2, 0) is 16.4 Å². The summed E-state index contributed by atoms with van der Waals surface area (Å²) in [5.41, 5.74) is 4.14. The summed E-state index contributed by atoms with van der Waals surface area (Å²) in [5, 5.41) is 5.17. The van der Waals surface area contributed by atoms with Crippen molar-refractivity contribution < 1.29 is 8.42 Å². The van der Waals surface area contributed by atoms with E-state index in [-0.39, 0.29) is 10.3 Å². The fourth-order valence-electron chi connectivity index (χ4n) is 3.89. The monoisotopic (exact) mass is 343 g/mol. The van der Waals surface area contributed by atoms with Gasteiger partial charge in [-0.1, -0.05) is 55.8 Å². The van der Waals surface area contributed by atoms with E-state index >= 15 is 0 Å². The molecule has 0 heterocycles. The van der Waals surface area contributed by atoms with Gasteiger partial charge in [-0.15, -0.1) is 0 Å². The summed E-state index contributed by atoms with van der Waals surface area (Å²) in [5.74, 6) is 1.11. The van der Waals surface area contributed by atoms with Crippen LogP contribution < -0.4 is 5.14 Å². The molecule has 1 saturated carbocycles. The van der Waals surface area contributed by atoms with Crippen molar-refractivity contribution in [2.45, 2.75) is 44.4 Å². The molecule has 2 unspecified atom stereocenters. The normalized spacial score (nSPS) is 22.3. The van der Waals surface area contributed by atoms with Crippen molar-refractivity contribution in [1.29, 1.82) is 0 Å². The van der Waals surface area contributed by atoms with Gasteiger partial charge in [0, 0.05) is 0 Å². The van der Waals surface area contributed by atoms with Crippen LogP contribution in [0.4, 0.5) is 0 Å². The Kier molecular flexibility index (Phi) is 4.30. The molecule has 2 aromatic carbocycles. The molecule has 0 saturated heterocycles. The van der Waals surface area contributed by atoms with E-state index < -0.39 is 10.0 Å². The Balaban J connectivity index is 1.69. The highest BCUT2D eigenvalue weighted by Crippen LogP contribution is 2.66. The zero-order valence-corrected chi connectivity index (χ0v) is 15.3. The second kappa shape index (κ2) is 6.01. The second-order valence-electron chi connectivity index (χ2n) is 7.54. The van der Waals surface area contributed by atoms with Gasteiger partial charge in [0.25, 0.3) is 0 Å². The Labute approximate surface area is 145 Å². The van der Waals surface area contributed by atoms with Gasteiger partial charge in [0.2, 0.25) is 10.0 Å². The van der Waals surface area contributed by atoms with Crippen molar-refractivity contribution >= 4 is 10.0 Å². The van der Waals surface area contributed by atoms with Gasteiger partial charge >= 0.3 is 0 Å². The van der Waals surface area contributed by atoms with Gasteiger partial charge in [-0.2, -0.15) is 0 Å². The van der Waals surface area contributed by atoms with Crippen LogP contribution in [0.2, 0.25) is 0 Å². The highest BCUT2D eigenvalue weighted by Gasteiger charge is 2.57. The summed E-state index contributed by atoms with van der Waals surface area (Å²) in [4.78, 5) is 0.181. The quantitative estimate of drug-likeness (QED) is 0.891. The van der Waals surface area contributed by atoms with Gasteiger partial charge in [-0.3, -0.25) is 0 Å². The van der Waals surface area contributed by atoms with Crippen molar-refractivity contribution in [1.82, 2.24) is 0 Å². The lowest BCUT2D eigenvalue weighted by atomic mass is 10.0. The number of aryl methyl sites for hydroxylation is 2. The summed E-state index contributed by atoms with van der Waals surface area (Å²) in [7, 11) is -3.62. The molecule has 0 radical (unpaired) electrons. The molecule has 0 aromatic heterocycles. The van der Waals surface area contributed by atoms with Crippen molar-refractivity contribution in [2.24, 2.45) is 16.5 Å². The fraction of sp³-hybridized carbons (Fsp3) is 0.400. The molecule has 2 aromatic rings. The molecule has 4 heteroatoms. The number of hydrogen-bond donors (Lipinski definition) is 1. The van der Waals surface area contributed by atoms with E-state index in [2.05, 4.69) is 45.0 Å². The average molecular weight is 343 g/mol. The Hall–Kier alpha value is -1.65. The SMILES string of the molecule is Cc1ccc(CCC2C(c3ccc(S(N)(=O)=O)cc3)C2(C)C)cc1. The van der Waals surface area contributed by atoms with E-state index in [1.54, 1.807) is 12.1 Å². The topological polar surface area (TPSA) is 60.2 Å². The molecule has 2 atom stereocenters. The van der Waals surface area contributed by atoms with Crippen molar-refractivity contribution in [3.8, 4) is 0 Å². The van der Waals surface area contributed by atoms with E-state index in [1.165, 1.54) is 16.7 Å². The number of rotatable bonds is 5. The second-order valence-corrected chi connectivity index (χ2v) is 9.11. The fourth-order valence-corrected chi connectivity index (χ4v) is 4.40. The van der Waals surface area contributed by atoms with Crippen LogP contribution in [0.25, 0.3) is 0 Å². The Bertz CT molecular complexity index is 821. The third-order valence-electron chi connectivity index (χ3n) is 5.48. The molecule has 128 valence electrons. The predicted molar refractivity (Wildman–Crippen MR) is 97.3 cm³/mol. The van der Waals surface area contributed by atoms with Gasteiger partial charge < -0.3 is 0 Å². The van der Waals surface area contributed by atoms with Gasteiger partial charge in [0.1, 0.15) is 0 Å². The minimum Gasteiger partial charge on any atom is -0.225 e. The van der Waals surface area contributed by atoms with E-state index in [0.717, 1.165) is 12.8 Å². The number of benzene rings is 2. The van der Waals surface area contributed by atoms with Gasteiger partial charge in [0.15, 0.2) is 0 Å². The number of primary sulfonamides is 1. The molecule has 1 aliphatic carbocycles. The summed E-state index contributed by atoms with van der Waals surface area (Å²) < 4.78 is 22.8. The molecule has 3 rings (SSSR count). The lowest BCUT2D eigenvalue weighted by Crippen LogP contribution is -2.11. The van der Waals surface area contributed by atoms with Gasteiger partial charge in [0.05, 0.1) is 4.90 Å². The maximum absolute atomic E-state index is 11.4. The van der Waals surface area contributed by atoms with E-state index in [4.69, 9.17) is 5.14 Å². The molecule has 24 heavy (non-hydrogen) atoms. The molecule has 1 fully saturated rings. The predicted octanol–water partition coefficient (Wildman–Crippen LogP) is 4.01. The maximum Gasteiger partial charge on any atom is 0.238 e. The summed E-state index contributed by atoms with van der Waals surface area (Å²) >= 11 is 0. The van der Waals surface area contributed by atoms with Gasteiger partial charge in [-0.05, 0) is 60.3 Å². The minimum atomic E-state index is -3.62. The maximum atomic E-state index is 11.4. The first-order valence-corrected chi connectivity index (χ1v) is 9.92.